The first-order chi connectivity index (χ1) is 9.29. The van der Waals surface area contributed by atoms with Crippen LogP contribution in [0.25, 0.3) is 11.4 Å². The van der Waals surface area contributed by atoms with Crippen LogP contribution in [0.5, 0.6) is 5.75 Å². The summed E-state index contributed by atoms with van der Waals surface area (Å²) < 4.78 is 8.39. The Kier molecular flexibility index (Phi) is 3.99. The molecule has 0 atom stereocenters. The van der Waals surface area contributed by atoms with Crippen molar-refractivity contribution < 1.29 is 4.74 Å². The first-order valence-corrected chi connectivity index (χ1v) is 7.15. The lowest BCUT2D eigenvalue weighted by molar-refractivity contribution is 0.242. The van der Waals surface area contributed by atoms with Crippen LogP contribution in [0, 0.1) is 4.77 Å². The van der Waals surface area contributed by atoms with Crippen LogP contribution in [0.4, 0.5) is 0 Å². The van der Waals surface area contributed by atoms with Crippen LogP contribution < -0.4 is 4.74 Å². The third-order valence-corrected chi connectivity index (χ3v) is 3.08. The molecule has 2 aromatic rings. The lowest BCUT2D eigenvalue weighted by Crippen LogP contribution is -2.23. The van der Waals surface area contributed by atoms with Crippen molar-refractivity contribution in [1.29, 1.82) is 0 Å². The molecule has 108 valence electrons. The molecule has 0 saturated carbocycles. The third kappa shape index (κ3) is 3.10. The van der Waals surface area contributed by atoms with Gasteiger partial charge in [0, 0.05) is 11.1 Å². The van der Waals surface area contributed by atoms with Gasteiger partial charge in [0.25, 0.3) is 0 Å². The molecule has 0 unspecified atom stereocenters. The van der Waals surface area contributed by atoms with Gasteiger partial charge in [0.15, 0.2) is 10.6 Å². The first-order valence-electron chi connectivity index (χ1n) is 6.74. The predicted octanol–water partition coefficient (Wildman–Crippen LogP) is 4.15. The number of hydrogen-bond acceptors (Lipinski definition) is 3. The highest BCUT2D eigenvalue weighted by Crippen LogP contribution is 2.27. The van der Waals surface area contributed by atoms with Crippen molar-refractivity contribution in [2.45, 2.75) is 46.3 Å². The lowest BCUT2D eigenvalue weighted by atomic mass is 10.1. The van der Waals surface area contributed by atoms with Gasteiger partial charge in [-0.1, -0.05) is 12.1 Å². The van der Waals surface area contributed by atoms with Crippen LogP contribution >= 0.6 is 12.2 Å². The van der Waals surface area contributed by atoms with Crippen molar-refractivity contribution in [1.82, 2.24) is 14.8 Å². The van der Waals surface area contributed by atoms with Crippen molar-refractivity contribution in [3.8, 4) is 17.1 Å². The number of H-pyrrole nitrogens is 1. The molecule has 0 saturated heterocycles. The number of aromatic amines is 1. The average molecular weight is 291 g/mol. The van der Waals surface area contributed by atoms with Gasteiger partial charge in [-0.05, 0) is 59.0 Å². The molecule has 20 heavy (non-hydrogen) atoms. The minimum atomic E-state index is -0.131. The Morgan fingerprint density at radius 3 is 2.60 bits per heavy atom. The van der Waals surface area contributed by atoms with E-state index in [0.29, 0.717) is 4.77 Å². The molecule has 0 amide bonds. The molecular formula is C15H21N3OS. The molecular weight excluding hydrogens is 270 g/mol. The summed E-state index contributed by atoms with van der Waals surface area (Å²) in [6.07, 6.45) is 0.147. The molecule has 5 heteroatoms. The van der Waals surface area contributed by atoms with Gasteiger partial charge in [0.1, 0.15) is 5.75 Å². The second-order valence-corrected chi connectivity index (χ2v) is 6.44. The van der Waals surface area contributed by atoms with Crippen LogP contribution in [0.2, 0.25) is 0 Å². The van der Waals surface area contributed by atoms with Crippen molar-refractivity contribution in [3.05, 3.63) is 29.0 Å². The zero-order chi connectivity index (χ0) is 14.9. The minimum Gasteiger partial charge on any atom is -0.491 e. The number of nitrogens with one attached hydrogen (secondary N) is 1. The average Bonchev–Trinajstić information content (AvgIpc) is 2.70. The van der Waals surface area contributed by atoms with Crippen molar-refractivity contribution in [2.75, 3.05) is 0 Å². The van der Waals surface area contributed by atoms with Gasteiger partial charge in [-0.25, -0.2) is 0 Å². The highest BCUT2D eigenvalue weighted by atomic mass is 32.1. The highest BCUT2D eigenvalue weighted by Gasteiger charge is 2.20. The highest BCUT2D eigenvalue weighted by molar-refractivity contribution is 7.71. The van der Waals surface area contributed by atoms with E-state index in [9.17, 15) is 0 Å². The predicted molar refractivity (Wildman–Crippen MR) is 83.6 cm³/mol. The molecule has 0 bridgehead atoms. The molecule has 0 aliphatic rings. The summed E-state index contributed by atoms with van der Waals surface area (Å²) in [7, 11) is 0. The summed E-state index contributed by atoms with van der Waals surface area (Å²) >= 11 is 5.34. The minimum absolute atomic E-state index is 0.131. The number of ether oxygens (including phenoxy) is 1. The van der Waals surface area contributed by atoms with E-state index in [1.807, 2.05) is 42.7 Å². The SMILES string of the molecule is CC(C)Oc1cccc(-c2n[nH]c(=S)n2C(C)(C)C)c1. The van der Waals surface area contributed by atoms with E-state index < -0.39 is 0 Å². The third-order valence-electron chi connectivity index (χ3n) is 2.81. The first kappa shape index (κ1) is 14.8. The monoisotopic (exact) mass is 291 g/mol. The number of hydrogen-bond donors (Lipinski definition) is 1. The number of rotatable bonds is 3. The molecule has 4 nitrogen and oxygen atoms in total. The molecule has 0 fully saturated rings. The molecule has 0 aliphatic carbocycles. The summed E-state index contributed by atoms with van der Waals surface area (Å²) in [6, 6.07) is 7.93. The summed E-state index contributed by atoms with van der Waals surface area (Å²) in [5.41, 5.74) is 0.861. The second-order valence-electron chi connectivity index (χ2n) is 6.05. The maximum atomic E-state index is 5.74. The fourth-order valence-corrected chi connectivity index (χ4v) is 2.50. The normalized spacial score (nSPS) is 11.9. The fraction of sp³-hybridized carbons (Fsp3) is 0.467. The summed E-state index contributed by atoms with van der Waals surface area (Å²) in [6.45, 7) is 10.3. The molecule has 0 aliphatic heterocycles. The molecule has 2 rings (SSSR count). The molecule has 0 spiro atoms. The van der Waals surface area contributed by atoms with E-state index in [-0.39, 0.29) is 11.6 Å². The van der Waals surface area contributed by atoms with E-state index >= 15 is 0 Å². The molecule has 1 aromatic heterocycles. The second kappa shape index (κ2) is 5.40. The quantitative estimate of drug-likeness (QED) is 0.864. The van der Waals surface area contributed by atoms with Gasteiger partial charge in [-0.2, -0.15) is 5.10 Å². The van der Waals surface area contributed by atoms with Crippen LogP contribution in [-0.4, -0.2) is 20.9 Å². The van der Waals surface area contributed by atoms with Crippen molar-refractivity contribution >= 4 is 12.2 Å². The maximum absolute atomic E-state index is 5.74. The number of benzene rings is 1. The van der Waals surface area contributed by atoms with Gasteiger partial charge in [-0.3, -0.25) is 9.67 Å². The summed E-state index contributed by atoms with van der Waals surface area (Å²) in [5, 5.41) is 7.24. The maximum Gasteiger partial charge on any atom is 0.195 e. The Morgan fingerprint density at radius 1 is 1.30 bits per heavy atom. The topological polar surface area (TPSA) is 42.8 Å². The molecule has 1 heterocycles. The van der Waals surface area contributed by atoms with Gasteiger partial charge in [0.05, 0.1) is 6.10 Å². The van der Waals surface area contributed by atoms with Crippen molar-refractivity contribution in [2.24, 2.45) is 0 Å². The Morgan fingerprint density at radius 2 is 2.00 bits per heavy atom. The Balaban J connectivity index is 2.50. The molecule has 1 N–H and O–H groups in total. The molecule has 1 aromatic carbocycles. The molecule has 0 radical (unpaired) electrons. The zero-order valence-electron chi connectivity index (χ0n) is 12.6. The Bertz CT molecular complexity index is 650. The van der Waals surface area contributed by atoms with Gasteiger partial charge < -0.3 is 4.74 Å². The van der Waals surface area contributed by atoms with E-state index in [1.54, 1.807) is 0 Å². The van der Waals surface area contributed by atoms with Crippen molar-refractivity contribution in [3.63, 3.8) is 0 Å². The zero-order valence-corrected chi connectivity index (χ0v) is 13.4. The Hall–Kier alpha value is -1.62. The lowest BCUT2D eigenvalue weighted by Gasteiger charge is -2.22. The fourth-order valence-electron chi connectivity index (χ4n) is 2.09. The van der Waals surface area contributed by atoms with Gasteiger partial charge >= 0.3 is 0 Å². The Labute approximate surface area is 124 Å². The van der Waals surface area contributed by atoms with E-state index in [4.69, 9.17) is 17.0 Å². The van der Waals surface area contributed by atoms with Crippen LogP contribution in [0.15, 0.2) is 24.3 Å². The van der Waals surface area contributed by atoms with Gasteiger partial charge in [0.2, 0.25) is 0 Å². The smallest absolute Gasteiger partial charge is 0.195 e. The largest absolute Gasteiger partial charge is 0.491 e. The van der Waals surface area contributed by atoms with E-state index in [0.717, 1.165) is 17.1 Å². The standard InChI is InChI=1S/C15H21N3OS/c1-10(2)19-12-8-6-7-11(9-12)13-16-17-14(20)18(13)15(3,4)5/h6-10H,1-5H3,(H,17,20). The summed E-state index contributed by atoms with van der Waals surface area (Å²) in [4.78, 5) is 0. The summed E-state index contributed by atoms with van der Waals surface area (Å²) in [5.74, 6) is 1.67. The number of nitrogens with zero attached hydrogens (tertiary/aromatic N) is 2. The number of aromatic nitrogens is 3. The van der Waals surface area contributed by atoms with Gasteiger partial charge in [-0.15, -0.1) is 0 Å². The van der Waals surface area contributed by atoms with Crippen LogP contribution in [0.1, 0.15) is 34.6 Å². The van der Waals surface area contributed by atoms with E-state index in [2.05, 4.69) is 31.0 Å². The van der Waals surface area contributed by atoms with Crippen LogP contribution in [0.3, 0.4) is 0 Å². The van der Waals surface area contributed by atoms with E-state index in [1.165, 1.54) is 0 Å². The van der Waals surface area contributed by atoms with Crippen LogP contribution in [-0.2, 0) is 5.54 Å².